The quantitative estimate of drug-likeness (QED) is 0.167. The fourth-order valence-electron chi connectivity index (χ4n) is 6.40. The third-order valence-corrected chi connectivity index (χ3v) is 12.3. The molecule has 2 unspecified atom stereocenters. The average molecular weight is 744 g/mol. The van der Waals surface area contributed by atoms with Gasteiger partial charge in [0.05, 0.1) is 17.4 Å². The van der Waals surface area contributed by atoms with Gasteiger partial charge in [-0.05, 0) is 37.3 Å². The van der Waals surface area contributed by atoms with Gasteiger partial charge >= 0.3 is 5.97 Å². The Bertz CT molecular complexity index is 1740. The van der Waals surface area contributed by atoms with Crippen LogP contribution in [0.2, 0.25) is 0 Å². The number of benzene rings is 3. The van der Waals surface area contributed by atoms with E-state index in [1.165, 1.54) is 39.7 Å². The van der Waals surface area contributed by atoms with Crippen LogP contribution in [0.1, 0.15) is 76.5 Å². The molecule has 12 heteroatoms. The third-order valence-electron chi connectivity index (χ3n) is 8.92. The summed E-state index contributed by atoms with van der Waals surface area (Å²) in [4.78, 5) is 63.6. The normalized spacial score (nSPS) is 17.7. The highest BCUT2D eigenvalue weighted by atomic mass is 33.1. The van der Waals surface area contributed by atoms with E-state index in [2.05, 4.69) is 20.8 Å². The highest BCUT2D eigenvalue weighted by molar-refractivity contribution is 8.77. The second-order valence-electron chi connectivity index (χ2n) is 14.2. The minimum absolute atomic E-state index is 0.0394. The van der Waals surface area contributed by atoms with Gasteiger partial charge in [-0.25, -0.2) is 19.8 Å². The first-order valence-electron chi connectivity index (χ1n) is 17.8. The monoisotopic (exact) mass is 743 g/mol. The zero-order chi connectivity index (χ0) is 37.4. The summed E-state index contributed by atoms with van der Waals surface area (Å²) in [6.45, 7) is 7.57. The van der Waals surface area contributed by atoms with Crippen molar-refractivity contribution >= 4 is 56.7 Å². The van der Waals surface area contributed by atoms with Crippen LogP contribution < -0.4 is 10.7 Å². The number of para-hydroxylation sites is 1. The summed E-state index contributed by atoms with van der Waals surface area (Å²) in [6, 6.07) is 23.7. The maximum absolute atomic E-state index is 15.1. The Morgan fingerprint density at radius 2 is 1.56 bits per heavy atom. The molecule has 52 heavy (non-hydrogen) atoms. The lowest BCUT2D eigenvalue weighted by Gasteiger charge is -2.40. The van der Waals surface area contributed by atoms with Crippen molar-refractivity contribution in [3.05, 3.63) is 102 Å². The fraction of sp³-hybridized carbons (Fsp3) is 0.425. The Morgan fingerprint density at radius 3 is 2.19 bits per heavy atom. The van der Waals surface area contributed by atoms with Crippen molar-refractivity contribution in [2.24, 2.45) is 10.7 Å². The van der Waals surface area contributed by atoms with Crippen molar-refractivity contribution in [1.82, 2.24) is 9.91 Å². The minimum atomic E-state index is -1.42. The van der Waals surface area contributed by atoms with Gasteiger partial charge in [0, 0.05) is 42.0 Å². The van der Waals surface area contributed by atoms with E-state index in [0.717, 1.165) is 37.7 Å². The van der Waals surface area contributed by atoms with Gasteiger partial charge in [-0.15, -0.1) is 0 Å². The van der Waals surface area contributed by atoms with E-state index in [4.69, 9.17) is 15.5 Å². The van der Waals surface area contributed by atoms with Crippen molar-refractivity contribution in [2.75, 3.05) is 17.8 Å². The van der Waals surface area contributed by atoms with Crippen LogP contribution in [0.5, 0.6) is 0 Å². The van der Waals surface area contributed by atoms with Gasteiger partial charge in [0.15, 0.2) is 6.04 Å². The number of amides is 3. The Balaban J connectivity index is 1.62. The van der Waals surface area contributed by atoms with Crippen molar-refractivity contribution in [3.63, 3.8) is 0 Å². The highest BCUT2D eigenvalue weighted by Crippen LogP contribution is 2.36. The van der Waals surface area contributed by atoms with Gasteiger partial charge in [-0.1, -0.05) is 128 Å². The molecule has 0 spiro atoms. The molecular formula is C40H49N5O5S2. The number of anilines is 1. The number of carbonyl (C=O) groups is 4. The SMILES string of the molecule is CC(=O)N([C@@H](Cc1ccccc1)C(=O)OC1CCCCC1)N1C(=O)C(N(C)C(=O)C(N)CSSC(C)(C)C)N=C(c2ccccc2)c2ccccc21. The second-order valence-corrected chi connectivity index (χ2v) is 17.4. The van der Waals surface area contributed by atoms with Gasteiger partial charge in [0.1, 0.15) is 6.10 Å². The molecule has 0 radical (unpaired) electrons. The Kier molecular flexibility index (Phi) is 13.2. The van der Waals surface area contributed by atoms with Crippen LogP contribution in [0.3, 0.4) is 0 Å². The van der Waals surface area contributed by atoms with Crippen LogP contribution >= 0.6 is 21.6 Å². The zero-order valence-corrected chi connectivity index (χ0v) is 32.2. The number of nitrogens with two attached hydrogens (primary N) is 1. The van der Waals surface area contributed by atoms with Gasteiger partial charge in [-0.3, -0.25) is 14.4 Å². The zero-order valence-electron chi connectivity index (χ0n) is 30.6. The van der Waals surface area contributed by atoms with E-state index < -0.39 is 41.9 Å². The van der Waals surface area contributed by atoms with Crippen molar-refractivity contribution in [3.8, 4) is 0 Å². The molecule has 3 aromatic carbocycles. The number of ether oxygens (including phenoxy) is 1. The maximum Gasteiger partial charge on any atom is 0.331 e. The van der Waals surface area contributed by atoms with E-state index in [9.17, 15) is 14.4 Å². The fourth-order valence-corrected chi connectivity index (χ4v) is 8.82. The Labute approximate surface area is 314 Å². The Morgan fingerprint density at radius 1 is 0.942 bits per heavy atom. The van der Waals surface area contributed by atoms with E-state index in [-0.39, 0.29) is 17.3 Å². The smallest absolute Gasteiger partial charge is 0.331 e. The molecule has 0 bridgehead atoms. The van der Waals surface area contributed by atoms with Gasteiger partial charge in [0.25, 0.3) is 5.91 Å². The summed E-state index contributed by atoms with van der Waals surface area (Å²) in [5.41, 5.74) is 9.30. The topological polar surface area (TPSA) is 126 Å². The van der Waals surface area contributed by atoms with E-state index >= 15 is 4.79 Å². The number of hydrogen-bond acceptors (Lipinski definition) is 9. The number of hydrazine groups is 1. The number of nitrogens with zero attached hydrogens (tertiary/aromatic N) is 4. The van der Waals surface area contributed by atoms with Crippen LogP contribution in [0.4, 0.5) is 5.69 Å². The number of benzodiazepines with no additional fused rings is 1. The molecular weight excluding hydrogens is 695 g/mol. The first-order valence-corrected chi connectivity index (χ1v) is 20.1. The summed E-state index contributed by atoms with van der Waals surface area (Å²) in [7, 11) is 4.62. The molecule has 3 aromatic rings. The standard InChI is InChI=1S/C40H49N5O5S2/c1-27(46)44(34(25-28-17-9-6-10-18-28)39(49)50-30-21-13-8-14-22-30)45-33-24-16-15-23-31(33)35(29-19-11-7-12-20-29)42-36(38(45)48)43(5)37(47)32(41)26-51-52-40(2,3)4/h6-7,9-12,15-20,23-24,30,32,34,36H,8,13-14,21-22,25-26,41H2,1-5H3/t32?,34-,36?/m0/s1. The molecule has 1 fully saturated rings. The van der Waals surface area contributed by atoms with Crippen LogP contribution in [0.15, 0.2) is 89.9 Å². The van der Waals surface area contributed by atoms with Crippen LogP contribution in [0, 0.1) is 0 Å². The molecule has 0 aromatic heterocycles. The second kappa shape index (κ2) is 17.6. The largest absolute Gasteiger partial charge is 0.461 e. The van der Waals surface area contributed by atoms with Crippen molar-refractivity contribution < 1.29 is 23.9 Å². The first-order chi connectivity index (χ1) is 24.9. The predicted octanol–water partition coefficient (Wildman–Crippen LogP) is 6.41. The summed E-state index contributed by atoms with van der Waals surface area (Å²) in [5, 5.41) is 2.43. The summed E-state index contributed by atoms with van der Waals surface area (Å²) >= 11 is 0. The molecule has 10 nitrogen and oxygen atoms in total. The van der Waals surface area contributed by atoms with Crippen molar-refractivity contribution in [1.29, 1.82) is 0 Å². The first kappa shape index (κ1) is 39.1. The number of likely N-dealkylation sites (N-methyl/N-ethyl adjacent to an activating group) is 1. The maximum atomic E-state index is 15.1. The molecule has 0 saturated heterocycles. The molecule has 276 valence electrons. The average Bonchev–Trinajstić information content (AvgIpc) is 3.25. The summed E-state index contributed by atoms with van der Waals surface area (Å²) < 4.78 is 6.07. The third kappa shape index (κ3) is 9.64. The van der Waals surface area contributed by atoms with Gasteiger partial charge < -0.3 is 15.4 Å². The van der Waals surface area contributed by atoms with Gasteiger partial charge in [0.2, 0.25) is 18.0 Å². The lowest BCUT2D eigenvalue weighted by molar-refractivity contribution is -0.162. The molecule has 1 aliphatic carbocycles. The van der Waals surface area contributed by atoms with Crippen LogP contribution in [0.25, 0.3) is 0 Å². The molecule has 3 atom stereocenters. The number of fused-ring (bicyclic) bond motifs is 1. The predicted molar refractivity (Wildman–Crippen MR) is 210 cm³/mol. The van der Waals surface area contributed by atoms with Gasteiger partial charge in [-0.2, -0.15) is 0 Å². The molecule has 1 saturated carbocycles. The number of rotatable bonds is 12. The van der Waals surface area contributed by atoms with E-state index in [0.29, 0.717) is 28.3 Å². The molecule has 2 aliphatic rings. The van der Waals surface area contributed by atoms with Crippen LogP contribution in [-0.2, 0) is 30.3 Å². The highest BCUT2D eigenvalue weighted by Gasteiger charge is 2.45. The number of esters is 1. The number of hydrogen-bond donors (Lipinski definition) is 1. The summed E-state index contributed by atoms with van der Waals surface area (Å²) in [6.07, 6.45) is 2.86. The van der Waals surface area contributed by atoms with E-state index in [1.54, 1.807) is 22.9 Å². The number of carbonyl (C=O) groups excluding carboxylic acids is 4. The molecule has 3 amide bonds. The molecule has 5 rings (SSSR count). The number of aliphatic imine (C=N–C) groups is 1. The van der Waals surface area contributed by atoms with Crippen LogP contribution in [-0.4, -0.2) is 81.2 Å². The summed E-state index contributed by atoms with van der Waals surface area (Å²) in [5.74, 6) is -1.99. The van der Waals surface area contributed by atoms with Crippen molar-refractivity contribution in [2.45, 2.75) is 95.3 Å². The molecule has 2 N–H and O–H groups in total. The molecule has 1 heterocycles. The Hall–Kier alpha value is -4.13. The molecule has 1 aliphatic heterocycles. The lowest BCUT2D eigenvalue weighted by Crippen LogP contribution is -2.62. The van der Waals surface area contributed by atoms with E-state index in [1.807, 2.05) is 72.8 Å². The minimum Gasteiger partial charge on any atom is -0.461 e. The lowest BCUT2D eigenvalue weighted by atomic mass is 9.97.